The van der Waals surface area contributed by atoms with E-state index in [9.17, 15) is 0 Å². The van der Waals surface area contributed by atoms with E-state index in [1.807, 2.05) is 18.2 Å². The minimum atomic E-state index is 0.930. The van der Waals surface area contributed by atoms with Crippen LogP contribution in [0.15, 0.2) is 40.5 Å². The number of aromatic amines is 1. The summed E-state index contributed by atoms with van der Waals surface area (Å²) in [6.07, 6.45) is 3.52. The molecule has 1 aliphatic rings. The van der Waals surface area contributed by atoms with Gasteiger partial charge in [0, 0.05) is 43.3 Å². The number of piperazine rings is 1. The van der Waals surface area contributed by atoms with Crippen molar-refractivity contribution in [3.63, 3.8) is 0 Å². The lowest BCUT2D eigenvalue weighted by Crippen LogP contribution is -2.43. The predicted molar refractivity (Wildman–Crippen MR) is 84.7 cm³/mol. The maximum Gasteiger partial charge on any atom is 0.145 e. The van der Waals surface area contributed by atoms with Crippen molar-refractivity contribution in [2.45, 2.75) is 0 Å². The third-order valence-electron chi connectivity index (χ3n) is 3.73. The quantitative estimate of drug-likeness (QED) is 0.781. The molecule has 5 nitrogen and oxygen atoms in total. The van der Waals surface area contributed by atoms with E-state index in [0.29, 0.717) is 0 Å². The van der Waals surface area contributed by atoms with E-state index in [-0.39, 0.29) is 0 Å². The van der Waals surface area contributed by atoms with Gasteiger partial charge in [0.25, 0.3) is 0 Å². The number of aromatic nitrogens is 2. The highest BCUT2D eigenvalue weighted by atomic mass is 32.1. The van der Waals surface area contributed by atoms with Gasteiger partial charge in [0.2, 0.25) is 0 Å². The number of thiophene rings is 1. The molecule has 0 saturated carbocycles. The molecule has 108 valence electrons. The molecule has 1 aliphatic heterocycles. The number of H-pyrrole nitrogens is 1. The Morgan fingerprint density at radius 3 is 2.86 bits per heavy atom. The van der Waals surface area contributed by atoms with E-state index in [1.165, 1.54) is 16.1 Å². The van der Waals surface area contributed by atoms with Crippen LogP contribution in [0.2, 0.25) is 0 Å². The van der Waals surface area contributed by atoms with Gasteiger partial charge >= 0.3 is 0 Å². The second-order valence-electron chi connectivity index (χ2n) is 5.01. The maximum absolute atomic E-state index is 5.62. The summed E-state index contributed by atoms with van der Waals surface area (Å²) in [6, 6.07) is 5.97. The molecule has 0 aromatic carbocycles. The molecule has 0 unspecified atom stereocenters. The van der Waals surface area contributed by atoms with Crippen LogP contribution in [0.5, 0.6) is 0 Å². The van der Waals surface area contributed by atoms with Crippen molar-refractivity contribution in [2.75, 3.05) is 31.1 Å². The lowest BCUT2D eigenvalue weighted by molar-refractivity contribution is 0.578. The van der Waals surface area contributed by atoms with Crippen LogP contribution in [-0.4, -0.2) is 36.4 Å². The van der Waals surface area contributed by atoms with Crippen LogP contribution < -0.4 is 10.2 Å². The standard InChI is InChI=1S/C15H16N4OS/c1-2-13(20-9-1)15-14(19-7-5-16-6-8-19)11(10-21-15)12-3-4-17-18-12/h1-4,9-10,16H,5-8H2,(H,17,18). The molecule has 0 bridgehead atoms. The molecule has 1 saturated heterocycles. The Morgan fingerprint density at radius 2 is 2.14 bits per heavy atom. The summed E-state index contributed by atoms with van der Waals surface area (Å²) < 4.78 is 5.62. The third-order valence-corrected chi connectivity index (χ3v) is 4.72. The van der Waals surface area contributed by atoms with Gasteiger partial charge in [-0.3, -0.25) is 5.10 Å². The molecule has 0 radical (unpaired) electrons. The van der Waals surface area contributed by atoms with Crippen LogP contribution in [0.4, 0.5) is 5.69 Å². The summed E-state index contributed by atoms with van der Waals surface area (Å²) in [6.45, 7) is 4.03. The molecule has 4 rings (SSSR count). The number of hydrogen-bond donors (Lipinski definition) is 2. The molecule has 0 amide bonds. The van der Waals surface area contributed by atoms with E-state index in [0.717, 1.165) is 37.6 Å². The first-order chi connectivity index (χ1) is 10.4. The van der Waals surface area contributed by atoms with Crippen LogP contribution in [0.25, 0.3) is 21.9 Å². The zero-order chi connectivity index (χ0) is 14.1. The van der Waals surface area contributed by atoms with E-state index in [1.54, 1.807) is 23.8 Å². The minimum absolute atomic E-state index is 0.930. The summed E-state index contributed by atoms with van der Waals surface area (Å²) in [4.78, 5) is 3.62. The summed E-state index contributed by atoms with van der Waals surface area (Å²) in [5.74, 6) is 0.930. The number of rotatable bonds is 3. The number of hydrogen-bond acceptors (Lipinski definition) is 5. The van der Waals surface area contributed by atoms with Gasteiger partial charge < -0.3 is 14.6 Å². The average molecular weight is 300 g/mol. The molecule has 3 aromatic rings. The van der Waals surface area contributed by atoms with Gasteiger partial charge in [-0.25, -0.2) is 0 Å². The van der Waals surface area contributed by atoms with E-state index in [2.05, 4.69) is 25.8 Å². The lowest BCUT2D eigenvalue weighted by atomic mass is 10.1. The van der Waals surface area contributed by atoms with Gasteiger partial charge in [0.15, 0.2) is 0 Å². The van der Waals surface area contributed by atoms with Crippen LogP contribution in [-0.2, 0) is 0 Å². The monoisotopic (exact) mass is 300 g/mol. The molecule has 6 heteroatoms. The first-order valence-corrected chi connectivity index (χ1v) is 7.92. The molecular formula is C15H16N4OS. The number of nitrogens with one attached hydrogen (secondary N) is 2. The van der Waals surface area contributed by atoms with Crippen molar-refractivity contribution >= 4 is 17.0 Å². The Bertz CT molecular complexity index is 644. The molecule has 4 heterocycles. The molecule has 21 heavy (non-hydrogen) atoms. The SMILES string of the molecule is c1coc(-c2scc(-c3ccn[nH]3)c2N2CCNCC2)c1. The van der Waals surface area contributed by atoms with E-state index in [4.69, 9.17) is 4.42 Å². The van der Waals surface area contributed by atoms with Gasteiger partial charge in [0.1, 0.15) is 5.76 Å². The van der Waals surface area contributed by atoms with Crippen molar-refractivity contribution in [3.05, 3.63) is 36.0 Å². The highest BCUT2D eigenvalue weighted by molar-refractivity contribution is 7.14. The van der Waals surface area contributed by atoms with Gasteiger partial charge in [-0.05, 0) is 18.2 Å². The summed E-state index contributed by atoms with van der Waals surface area (Å²) in [7, 11) is 0. The molecule has 0 spiro atoms. The first kappa shape index (κ1) is 12.7. The van der Waals surface area contributed by atoms with Crippen LogP contribution >= 0.6 is 11.3 Å². The van der Waals surface area contributed by atoms with Crippen LogP contribution in [0.1, 0.15) is 0 Å². The van der Waals surface area contributed by atoms with E-state index < -0.39 is 0 Å². The average Bonchev–Trinajstić information content (AvgIpc) is 3.27. The Morgan fingerprint density at radius 1 is 1.24 bits per heavy atom. The zero-order valence-electron chi connectivity index (χ0n) is 11.5. The number of anilines is 1. The van der Waals surface area contributed by atoms with Crippen molar-refractivity contribution in [1.82, 2.24) is 15.5 Å². The third kappa shape index (κ3) is 2.26. The predicted octanol–water partition coefficient (Wildman–Crippen LogP) is 2.81. The molecule has 0 atom stereocenters. The van der Waals surface area contributed by atoms with Crippen LogP contribution in [0, 0.1) is 0 Å². The fourth-order valence-electron chi connectivity index (χ4n) is 2.73. The maximum atomic E-state index is 5.62. The van der Waals surface area contributed by atoms with Gasteiger partial charge in [0.05, 0.1) is 22.5 Å². The van der Waals surface area contributed by atoms with E-state index >= 15 is 0 Å². The smallest absolute Gasteiger partial charge is 0.145 e. The fraction of sp³-hybridized carbons (Fsp3) is 0.267. The largest absolute Gasteiger partial charge is 0.463 e. The van der Waals surface area contributed by atoms with Crippen LogP contribution in [0.3, 0.4) is 0 Å². The number of furan rings is 1. The van der Waals surface area contributed by atoms with Crippen molar-refractivity contribution in [2.24, 2.45) is 0 Å². The van der Waals surface area contributed by atoms with Gasteiger partial charge in [-0.1, -0.05) is 0 Å². The molecule has 2 N–H and O–H groups in total. The van der Waals surface area contributed by atoms with Crippen molar-refractivity contribution in [3.8, 4) is 21.9 Å². The fourth-order valence-corrected chi connectivity index (χ4v) is 3.79. The highest BCUT2D eigenvalue weighted by Gasteiger charge is 2.23. The Balaban J connectivity index is 1.84. The lowest BCUT2D eigenvalue weighted by Gasteiger charge is -2.30. The molecule has 1 fully saturated rings. The Kier molecular flexibility index (Phi) is 3.25. The Hall–Kier alpha value is -2.05. The van der Waals surface area contributed by atoms with Crippen molar-refractivity contribution < 1.29 is 4.42 Å². The zero-order valence-corrected chi connectivity index (χ0v) is 12.3. The van der Waals surface area contributed by atoms with Crippen molar-refractivity contribution in [1.29, 1.82) is 0 Å². The summed E-state index contributed by atoms with van der Waals surface area (Å²) in [5, 5.41) is 12.7. The highest BCUT2D eigenvalue weighted by Crippen LogP contribution is 2.44. The summed E-state index contributed by atoms with van der Waals surface area (Å²) >= 11 is 1.72. The van der Waals surface area contributed by atoms with Gasteiger partial charge in [-0.15, -0.1) is 11.3 Å². The summed E-state index contributed by atoms with van der Waals surface area (Å²) in [5.41, 5.74) is 3.50. The second-order valence-corrected chi connectivity index (χ2v) is 5.89. The first-order valence-electron chi connectivity index (χ1n) is 7.04. The second kappa shape index (κ2) is 5.38. The Labute approximate surface area is 126 Å². The molecular weight excluding hydrogens is 284 g/mol. The number of nitrogens with zero attached hydrogens (tertiary/aromatic N) is 2. The minimum Gasteiger partial charge on any atom is -0.463 e. The topological polar surface area (TPSA) is 57.1 Å². The molecule has 0 aliphatic carbocycles. The molecule has 3 aromatic heterocycles. The normalized spacial score (nSPS) is 15.5. The van der Waals surface area contributed by atoms with Gasteiger partial charge in [-0.2, -0.15) is 5.10 Å².